The molecule has 0 amide bonds. The van der Waals surface area contributed by atoms with Gasteiger partial charge in [-0.05, 0) is 4.90 Å². The van der Waals surface area contributed by atoms with Gasteiger partial charge in [0.2, 0.25) is 0 Å². The first kappa shape index (κ1) is 10.6. The first-order valence-electron chi connectivity index (χ1n) is 2.54. The second-order valence-electron chi connectivity index (χ2n) is 1.71. The molecule has 1 aromatic rings. The molecule has 1 aromatic carbocycles. The van der Waals surface area contributed by atoms with Crippen molar-refractivity contribution in [1.82, 2.24) is 0 Å². The maximum absolute atomic E-state index is 10.4. The number of benzene rings is 1. The Balaban J connectivity index is 0.000001000. The van der Waals surface area contributed by atoms with Crippen LogP contribution in [0.15, 0.2) is 29.2 Å². The molecule has 1 rings (SSSR count). The molecule has 0 bridgehead atoms. The van der Waals surface area contributed by atoms with Crippen molar-refractivity contribution in [3.05, 3.63) is 30.3 Å². The van der Waals surface area contributed by atoms with Gasteiger partial charge in [-0.15, -0.1) is 12.1 Å². The van der Waals surface area contributed by atoms with Crippen LogP contribution < -0.4 is 0 Å². The minimum absolute atomic E-state index is 0. The van der Waals surface area contributed by atoms with Gasteiger partial charge in [-0.3, -0.25) is 4.55 Å². The van der Waals surface area contributed by atoms with E-state index in [1.165, 1.54) is 24.3 Å². The zero-order chi connectivity index (χ0) is 7.61. The van der Waals surface area contributed by atoms with Gasteiger partial charge >= 0.3 is 0 Å². The third kappa shape index (κ3) is 3.03. The summed E-state index contributed by atoms with van der Waals surface area (Å²) in [6.45, 7) is 0. The normalized spacial score (nSPS) is 10.3. The molecule has 0 aliphatic carbocycles. The second-order valence-corrected chi connectivity index (χ2v) is 3.13. The maximum atomic E-state index is 10.4. The largest absolute Gasteiger partial charge is 0.283 e. The smallest absolute Gasteiger partial charge is 0.271 e. The molecule has 1 radical (unpaired) electrons. The van der Waals surface area contributed by atoms with Crippen LogP contribution in [0, 0.1) is 6.07 Å². The van der Waals surface area contributed by atoms with E-state index < -0.39 is 10.1 Å². The van der Waals surface area contributed by atoms with Crippen molar-refractivity contribution in [3.63, 3.8) is 0 Å². The molecular weight excluding hydrogens is 207 g/mol. The van der Waals surface area contributed by atoms with Gasteiger partial charge in [0, 0.05) is 17.1 Å². The SMILES string of the molecule is O=S(=O)(O)c1cc[c-]cc1.[Mn]. The molecular formula is C6H5MnO3S-. The van der Waals surface area contributed by atoms with Crippen LogP contribution in [0.4, 0.5) is 0 Å². The molecule has 0 aliphatic heterocycles. The molecule has 0 aliphatic rings. The predicted molar refractivity (Wildman–Crippen MR) is 35.1 cm³/mol. The Kier molecular flexibility index (Phi) is 3.75. The van der Waals surface area contributed by atoms with E-state index in [1.807, 2.05) is 0 Å². The van der Waals surface area contributed by atoms with E-state index in [1.54, 1.807) is 0 Å². The minimum Gasteiger partial charge on any atom is -0.283 e. The van der Waals surface area contributed by atoms with Gasteiger partial charge in [0.25, 0.3) is 10.1 Å². The number of hydrogen-bond donors (Lipinski definition) is 1. The quantitative estimate of drug-likeness (QED) is 0.424. The predicted octanol–water partition coefficient (Wildman–Crippen LogP) is 0.731. The van der Waals surface area contributed by atoms with Gasteiger partial charge in [-0.25, -0.2) is 0 Å². The topological polar surface area (TPSA) is 54.4 Å². The van der Waals surface area contributed by atoms with Gasteiger partial charge in [0.05, 0.1) is 0 Å². The molecule has 0 unspecified atom stereocenters. The first-order valence-corrected chi connectivity index (χ1v) is 3.98. The molecule has 1 N–H and O–H groups in total. The summed E-state index contributed by atoms with van der Waals surface area (Å²) in [5.74, 6) is 0. The van der Waals surface area contributed by atoms with E-state index in [0.717, 1.165) is 0 Å². The average Bonchev–Trinajstić information content (AvgIpc) is 1.88. The monoisotopic (exact) mass is 212 g/mol. The summed E-state index contributed by atoms with van der Waals surface area (Å²) in [5, 5.41) is 0. The van der Waals surface area contributed by atoms with Crippen molar-refractivity contribution >= 4 is 10.1 Å². The Bertz CT molecular complexity index is 306. The Morgan fingerprint density at radius 1 is 1.27 bits per heavy atom. The summed E-state index contributed by atoms with van der Waals surface area (Å²) in [6.07, 6.45) is 0. The van der Waals surface area contributed by atoms with Crippen LogP contribution in [0.2, 0.25) is 0 Å². The summed E-state index contributed by atoms with van der Waals surface area (Å²) >= 11 is 0. The first-order chi connectivity index (χ1) is 4.61. The van der Waals surface area contributed by atoms with Gasteiger partial charge in [-0.1, -0.05) is 0 Å². The van der Waals surface area contributed by atoms with Crippen molar-refractivity contribution in [2.45, 2.75) is 4.90 Å². The Morgan fingerprint density at radius 3 is 2.00 bits per heavy atom. The van der Waals surface area contributed by atoms with Crippen molar-refractivity contribution in [3.8, 4) is 0 Å². The van der Waals surface area contributed by atoms with E-state index >= 15 is 0 Å². The molecule has 0 heterocycles. The van der Waals surface area contributed by atoms with Gasteiger partial charge < -0.3 is 0 Å². The Labute approximate surface area is 75.7 Å². The molecule has 0 spiro atoms. The van der Waals surface area contributed by atoms with Gasteiger partial charge in [0.1, 0.15) is 0 Å². The van der Waals surface area contributed by atoms with Crippen molar-refractivity contribution in [2.24, 2.45) is 0 Å². The minimum atomic E-state index is -4.02. The fourth-order valence-corrected chi connectivity index (χ4v) is 1.02. The van der Waals surface area contributed by atoms with E-state index in [9.17, 15) is 8.42 Å². The van der Waals surface area contributed by atoms with E-state index in [-0.39, 0.29) is 22.0 Å². The molecule has 0 aromatic heterocycles. The molecule has 0 saturated carbocycles. The summed E-state index contributed by atoms with van der Waals surface area (Å²) in [7, 11) is -4.02. The number of rotatable bonds is 1. The van der Waals surface area contributed by atoms with Crippen LogP contribution in [0.25, 0.3) is 0 Å². The van der Waals surface area contributed by atoms with Crippen molar-refractivity contribution < 1.29 is 30.0 Å². The zero-order valence-corrected chi connectivity index (χ0v) is 7.36. The van der Waals surface area contributed by atoms with Crippen LogP contribution in [-0.4, -0.2) is 13.0 Å². The van der Waals surface area contributed by atoms with Gasteiger partial charge in [0.15, 0.2) is 0 Å². The van der Waals surface area contributed by atoms with E-state index in [0.29, 0.717) is 0 Å². The molecule has 0 atom stereocenters. The second kappa shape index (κ2) is 3.87. The summed E-state index contributed by atoms with van der Waals surface area (Å²) < 4.78 is 29.2. The Hall–Kier alpha value is -0.351. The van der Waals surface area contributed by atoms with Crippen molar-refractivity contribution in [2.75, 3.05) is 0 Å². The Morgan fingerprint density at radius 2 is 1.73 bits per heavy atom. The summed E-state index contributed by atoms with van der Waals surface area (Å²) in [5.41, 5.74) is 0. The molecule has 0 saturated heterocycles. The van der Waals surface area contributed by atoms with Crippen molar-refractivity contribution in [1.29, 1.82) is 0 Å². The van der Waals surface area contributed by atoms with E-state index in [4.69, 9.17) is 4.55 Å². The van der Waals surface area contributed by atoms with E-state index in [2.05, 4.69) is 6.07 Å². The number of hydrogen-bond acceptors (Lipinski definition) is 2. The van der Waals surface area contributed by atoms with Gasteiger partial charge in [-0.2, -0.15) is 26.6 Å². The summed E-state index contributed by atoms with van der Waals surface area (Å²) in [4.78, 5) is -0.105. The maximum Gasteiger partial charge on any atom is 0.271 e. The van der Waals surface area contributed by atoms with Crippen LogP contribution in [0.5, 0.6) is 0 Å². The third-order valence-electron chi connectivity index (χ3n) is 0.986. The molecule has 5 heteroatoms. The molecule has 0 fully saturated rings. The fraction of sp³-hybridized carbons (Fsp3) is 0. The van der Waals surface area contributed by atoms with Crippen LogP contribution in [0.3, 0.4) is 0 Å². The molecule has 61 valence electrons. The molecule has 11 heavy (non-hydrogen) atoms. The van der Waals surface area contributed by atoms with Crippen LogP contribution in [-0.2, 0) is 27.2 Å². The zero-order valence-electron chi connectivity index (χ0n) is 5.36. The fourth-order valence-electron chi connectivity index (χ4n) is 0.544. The third-order valence-corrected chi connectivity index (χ3v) is 1.85. The average molecular weight is 212 g/mol. The molecule has 3 nitrogen and oxygen atoms in total. The van der Waals surface area contributed by atoms with Crippen LogP contribution in [0.1, 0.15) is 0 Å². The summed E-state index contributed by atoms with van der Waals surface area (Å²) in [6, 6.07) is 8.02. The standard InChI is InChI=1S/C6H5O3S.Mn/c7-10(8,9)6-4-2-1-3-5-6;/h2-5H,(H,7,8,9);/q-1;. The van der Waals surface area contributed by atoms with Crippen LogP contribution >= 0.6 is 0 Å².